The monoisotopic (exact) mass is 238 g/mol. The molecule has 2 heterocycles. The summed E-state index contributed by atoms with van der Waals surface area (Å²) in [6.45, 7) is 2.98. The van der Waals surface area contributed by atoms with Gasteiger partial charge in [0.05, 0.1) is 6.42 Å². The summed E-state index contributed by atoms with van der Waals surface area (Å²) in [6, 6.07) is 3.99. The van der Waals surface area contributed by atoms with Crippen LogP contribution in [0.5, 0.6) is 0 Å². The van der Waals surface area contributed by atoms with Crippen molar-refractivity contribution in [3.8, 4) is 0 Å². The molecule has 2 N–H and O–H groups in total. The second-order valence-corrected chi connectivity index (χ2v) is 5.30. The molecule has 1 amide bonds. The lowest BCUT2D eigenvalue weighted by atomic mass is 10.00. The SMILES string of the molecule is O=C(Cc1cccs1)NCC1CCCNC1. The van der Waals surface area contributed by atoms with Gasteiger partial charge in [-0.05, 0) is 43.3 Å². The fourth-order valence-corrected chi connectivity index (χ4v) is 2.69. The molecule has 1 aliphatic heterocycles. The summed E-state index contributed by atoms with van der Waals surface area (Å²) >= 11 is 1.64. The van der Waals surface area contributed by atoms with E-state index >= 15 is 0 Å². The molecule has 16 heavy (non-hydrogen) atoms. The molecule has 1 unspecified atom stereocenters. The van der Waals surface area contributed by atoms with E-state index in [0.29, 0.717) is 12.3 Å². The van der Waals surface area contributed by atoms with Crippen LogP contribution >= 0.6 is 11.3 Å². The van der Waals surface area contributed by atoms with Gasteiger partial charge in [-0.1, -0.05) is 6.07 Å². The minimum Gasteiger partial charge on any atom is -0.355 e. The van der Waals surface area contributed by atoms with Crippen molar-refractivity contribution in [3.63, 3.8) is 0 Å². The molecule has 1 aromatic rings. The first-order valence-corrected chi connectivity index (χ1v) is 6.72. The van der Waals surface area contributed by atoms with Gasteiger partial charge in [-0.3, -0.25) is 4.79 Å². The van der Waals surface area contributed by atoms with E-state index in [-0.39, 0.29) is 5.91 Å². The average Bonchev–Trinajstić information content (AvgIpc) is 2.81. The molecule has 1 aromatic heterocycles. The van der Waals surface area contributed by atoms with E-state index in [0.717, 1.165) is 24.5 Å². The molecule has 1 aliphatic rings. The normalized spacial score (nSPS) is 20.6. The number of carbonyl (C=O) groups excluding carboxylic acids is 1. The summed E-state index contributed by atoms with van der Waals surface area (Å²) in [7, 11) is 0. The minimum atomic E-state index is 0.146. The van der Waals surface area contributed by atoms with Crippen molar-refractivity contribution in [1.82, 2.24) is 10.6 Å². The second-order valence-electron chi connectivity index (χ2n) is 4.27. The third-order valence-electron chi connectivity index (χ3n) is 2.90. The number of nitrogens with one attached hydrogen (secondary N) is 2. The Bertz CT molecular complexity index is 318. The van der Waals surface area contributed by atoms with E-state index in [4.69, 9.17) is 0 Å². The van der Waals surface area contributed by atoms with E-state index in [1.165, 1.54) is 12.8 Å². The molecule has 4 heteroatoms. The van der Waals surface area contributed by atoms with E-state index in [9.17, 15) is 4.79 Å². The van der Waals surface area contributed by atoms with Gasteiger partial charge < -0.3 is 10.6 Å². The number of hydrogen-bond donors (Lipinski definition) is 2. The lowest BCUT2D eigenvalue weighted by Crippen LogP contribution is -2.38. The number of hydrogen-bond acceptors (Lipinski definition) is 3. The fraction of sp³-hybridized carbons (Fsp3) is 0.583. The molecule has 0 bridgehead atoms. The Kier molecular flexibility index (Phi) is 4.36. The van der Waals surface area contributed by atoms with Crippen LogP contribution in [0.4, 0.5) is 0 Å². The van der Waals surface area contributed by atoms with Gasteiger partial charge in [-0.2, -0.15) is 0 Å². The van der Waals surface area contributed by atoms with Crippen molar-refractivity contribution < 1.29 is 4.79 Å². The lowest BCUT2D eigenvalue weighted by molar-refractivity contribution is -0.120. The lowest BCUT2D eigenvalue weighted by Gasteiger charge is -2.22. The Labute approximate surface area is 100 Å². The van der Waals surface area contributed by atoms with Gasteiger partial charge in [0.25, 0.3) is 0 Å². The molecule has 0 spiro atoms. The van der Waals surface area contributed by atoms with Gasteiger partial charge in [0.15, 0.2) is 0 Å². The number of rotatable bonds is 4. The number of piperidine rings is 1. The first kappa shape index (κ1) is 11.6. The summed E-state index contributed by atoms with van der Waals surface area (Å²) < 4.78 is 0. The predicted molar refractivity (Wildman–Crippen MR) is 66.6 cm³/mol. The highest BCUT2D eigenvalue weighted by Crippen LogP contribution is 2.10. The van der Waals surface area contributed by atoms with Crippen LogP contribution in [-0.4, -0.2) is 25.5 Å². The molecule has 3 nitrogen and oxygen atoms in total. The second kappa shape index (κ2) is 6.01. The van der Waals surface area contributed by atoms with Crippen LogP contribution in [0.25, 0.3) is 0 Å². The number of thiophene rings is 1. The highest BCUT2D eigenvalue weighted by atomic mass is 32.1. The molecule has 0 radical (unpaired) electrons. The van der Waals surface area contributed by atoms with Crippen LogP contribution in [0.15, 0.2) is 17.5 Å². The zero-order valence-corrected chi connectivity index (χ0v) is 10.2. The molecule has 0 aliphatic carbocycles. The highest BCUT2D eigenvalue weighted by Gasteiger charge is 2.13. The van der Waals surface area contributed by atoms with Crippen molar-refractivity contribution in [2.45, 2.75) is 19.3 Å². The Morgan fingerprint density at radius 1 is 1.62 bits per heavy atom. The molecule has 0 aromatic carbocycles. The average molecular weight is 238 g/mol. The molecule has 0 saturated carbocycles. The van der Waals surface area contributed by atoms with Crippen LogP contribution in [0.2, 0.25) is 0 Å². The highest BCUT2D eigenvalue weighted by molar-refractivity contribution is 7.10. The van der Waals surface area contributed by atoms with Gasteiger partial charge in [0, 0.05) is 11.4 Å². The smallest absolute Gasteiger partial charge is 0.225 e. The van der Waals surface area contributed by atoms with Crippen molar-refractivity contribution in [2.24, 2.45) is 5.92 Å². The van der Waals surface area contributed by atoms with Crippen LogP contribution in [0, 0.1) is 5.92 Å². The van der Waals surface area contributed by atoms with E-state index in [1.807, 2.05) is 17.5 Å². The molecule has 1 saturated heterocycles. The van der Waals surface area contributed by atoms with Crippen molar-refractivity contribution in [2.75, 3.05) is 19.6 Å². The Morgan fingerprint density at radius 2 is 2.56 bits per heavy atom. The summed E-state index contributed by atoms with van der Waals surface area (Å²) in [5.41, 5.74) is 0. The Morgan fingerprint density at radius 3 is 3.25 bits per heavy atom. The van der Waals surface area contributed by atoms with E-state index < -0.39 is 0 Å². The zero-order valence-electron chi connectivity index (χ0n) is 9.37. The number of carbonyl (C=O) groups is 1. The van der Waals surface area contributed by atoms with Crippen molar-refractivity contribution >= 4 is 17.2 Å². The summed E-state index contributed by atoms with van der Waals surface area (Å²) in [5.74, 6) is 0.758. The maximum absolute atomic E-state index is 11.6. The van der Waals surface area contributed by atoms with Crippen LogP contribution < -0.4 is 10.6 Å². The van der Waals surface area contributed by atoms with Crippen LogP contribution in [0.1, 0.15) is 17.7 Å². The molecule has 2 rings (SSSR count). The fourth-order valence-electron chi connectivity index (χ4n) is 1.99. The van der Waals surface area contributed by atoms with Gasteiger partial charge >= 0.3 is 0 Å². The first-order chi connectivity index (χ1) is 7.84. The third kappa shape index (κ3) is 3.61. The molecule has 1 atom stereocenters. The largest absolute Gasteiger partial charge is 0.355 e. The standard InChI is InChI=1S/C12H18N2OS/c15-12(7-11-4-2-6-16-11)14-9-10-3-1-5-13-8-10/h2,4,6,10,13H,1,3,5,7-9H2,(H,14,15). The topological polar surface area (TPSA) is 41.1 Å². The molecular formula is C12H18N2OS. The minimum absolute atomic E-state index is 0.146. The van der Waals surface area contributed by atoms with Gasteiger partial charge in [0.2, 0.25) is 5.91 Å². The van der Waals surface area contributed by atoms with Gasteiger partial charge in [-0.15, -0.1) is 11.3 Å². The Hall–Kier alpha value is -0.870. The van der Waals surface area contributed by atoms with E-state index in [1.54, 1.807) is 11.3 Å². The maximum Gasteiger partial charge on any atom is 0.225 e. The molecular weight excluding hydrogens is 220 g/mol. The third-order valence-corrected chi connectivity index (χ3v) is 3.78. The quantitative estimate of drug-likeness (QED) is 0.832. The van der Waals surface area contributed by atoms with Crippen LogP contribution in [0.3, 0.4) is 0 Å². The summed E-state index contributed by atoms with van der Waals surface area (Å²) in [5, 5.41) is 8.38. The van der Waals surface area contributed by atoms with Crippen LogP contribution in [-0.2, 0) is 11.2 Å². The predicted octanol–water partition coefficient (Wildman–Crippen LogP) is 1.41. The summed E-state index contributed by atoms with van der Waals surface area (Å²) in [4.78, 5) is 12.8. The van der Waals surface area contributed by atoms with Gasteiger partial charge in [-0.25, -0.2) is 0 Å². The van der Waals surface area contributed by atoms with Crippen molar-refractivity contribution in [1.29, 1.82) is 0 Å². The maximum atomic E-state index is 11.6. The van der Waals surface area contributed by atoms with Crippen molar-refractivity contribution in [3.05, 3.63) is 22.4 Å². The number of amides is 1. The first-order valence-electron chi connectivity index (χ1n) is 5.84. The zero-order chi connectivity index (χ0) is 11.2. The van der Waals surface area contributed by atoms with Gasteiger partial charge in [0.1, 0.15) is 0 Å². The molecule has 88 valence electrons. The Balaban J connectivity index is 1.67. The molecule has 1 fully saturated rings. The summed E-state index contributed by atoms with van der Waals surface area (Å²) in [6.07, 6.45) is 2.98. The van der Waals surface area contributed by atoms with E-state index in [2.05, 4.69) is 10.6 Å².